The Kier molecular flexibility index (Phi) is 6.39. The van der Waals surface area contributed by atoms with Crippen LogP contribution < -0.4 is 4.90 Å². The number of benzene rings is 1. The highest BCUT2D eigenvalue weighted by molar-refractivity contribution is 7.22. The molecular weight excluding hydrogens is 382 g/mol. The van der Waals surface area contributed by atoms with Gasteiger partial charge < -0.3 is 4.90 Å². The van der Waals surface area contributed by atoms with Gasteiger partial charge in [0.15, 0.2) is 5.13 Å². The molecule has 0 fully saturated rings. The van der Waals surface area contributed by atoms with Crippen molar-refractivity contribution in [2.24, 2.45) is 0 Å². The number of aryl methyl sites for hydroxylation is 3. The lowest BCUT2D eigenvalue weighted by atomic mass is 10.1. The Balaban J connectivity index is 2.03. The van der Waals surface area contributed by atoms with Crippen molar-refractivity contribution in [1.29, 1.82) is 0 Å². The van der Waals surface area contributed by atoms with Crippen LogP contribution in [-0.4, -0.2) is 52.8 Å². The van der Waals surface area contributed by atoms with Gasteiger partial charge in [-0.1, -0.05) is 17.4 Å². The number of anilines is 1. The second-order valence-electron chi connectivity index (χ2n) is 8.17. The molecule has 0 saturated carbocycles. The van der Waals surface area contributed by atoms with E-state index < -0.39 is 0 Å². The van der Waals surface area contributed by atoms with Crippen molar-refractivity contribution in [3.05, 3.63) is 40.7 Å². The molecule has 2 heterocycles. The van der Waals surface area contributed by atoms with E-state index in [0.717, 1.165) is 34.0 Å². The van der Waals surface area contributed by atoms with Gasteiger partial charge in [0, 0.05) is 12.6 Å². The zero-order valence-corrected chi connectivity index (χ0v) is 19.3. The normalized spacial score (nSPS) is 11.8. The van der Waals surface area contributed by atoms with E-state index in [0.29, 0.717) is 12.2 Å². The minimum absolute atomic E-state index is 0.0357. The van der Waals surface area contributed by atoms with E-state index in [9.17, 15) is 4.79 Å². The van der Waals surface area contributed by atoms with Crippen LogP contribution in [0.1, 0.15) is 53.6 Å². The third-order valence-electron chi connectivity index (χ3n) is 5.10. The number of hydrogen-bond acceptors (Lipinski definition) is 5. The molecule has 1 amide bonds. The molecular formula is C22H31N5OS. The number of nitrogens with zero attached hydrogens (tertiary/aromatic N) is 5. The first-order chi connectivity index (χ1) is 13.7. The van der Waals surface area contributed by atoms with Crippen molar-refractivity contribution in [1.82, 2.24) is 19.7 Å². The molecule has 1 aromatic carbocycles. The lowest BCUT2D eigenvalue weighted by Gasteiger charge is -2.22. The monoisotopic (exact) mass is 413 g/mol. The fourth-order valence-corrected chi connectivity index (χ4v) is 4.42. The highest BCUT2D eigenvalue weighted by Crippen LogP contribution is 2.33. The number of fused-ring (bicyclic) bond motifs is 1. The highest BCUT2D eigenvalue weighted by Gasteiger charge is 2.26. The van der Waals surface area contributed by atoms with Crippen molar-refractivity contribution in [2.45, 2.75) is 47.1 Å². The molecule has 7 heteroatoms. The zero-order chi connectivity index (χ0) is 21.3. The molecule has 0 N–H and O–H groups in total. The van der Waals surface area contributed by atoms with Crippen LogP contribution >= 0.6 is 11.3 Å². The first-order valence-electron chi connectivity index (χ1n) is 10.1. The van der Waals surface area contributed by atoms with E-state index >= 15 is 0 Å². The molecule has 0 bridgehead atoms. The summed E-state index contributed by atoms with van der Waals surface area (Å²) in [7, 11) is 4.10. The lowest BCUT2D eigenvalue weighted by molar-refractivity contribution is 0.0974. The minimum atomic E-state index is -0.0357. The molecule has 0 aliphatic carbocycles. The van der Waals surface area contributed by atoms with Gasteiger partial charge in [0.05, 0.1) is 15.9 Å². The Labute approximate surface area is 177 Å². The lowest BCUT2D eigenvalue weighted by Crippen LogP contribution is -2.35. The predicted octanol–water partition coefficient (Wildman–Crippen LogP) is 4.60. The second-order valence-corrected chi connectivity index (χ2v) is 9.18. The Morgan fingerprint density at radius 3 is 2.55 bits per heavy atom. The molecule has 2 aromatic heterocycles. The van der Waals surface area contributed by atoms with Crippen molar-refractivity contribution in [3.63, 3.8) is 0 Å². The van der Waals surface area contributed by atoms with Crippen molar-refractivity contribution in [3.8, 4) is 0 Å². The summed E-state index contributed by atoms with van der Waals surface area (Å²) in [6.45, 7) is 11.7. The number of carbonyl (C=O) groups is 1. The quantitative estimate of drug-likeness (QED) is 0.568. The first-order valence-corrected chi connectivity index (χ1v) is 10.9. The van der Waals surface area contributed by atoms with Crippen LogP contribution in [0.25, 0.3) is 10.2 Å². The Bertz CT molecular complexity index is 1020. The summed E-state index contributed by atoms with van der Waals surface area (Å²) in [6, 6.07) is 6.22. The largest absolute Gasteiger partial charge is 0.309 e. The zero-order valence-electron chi connectivity index (χ0n) is 18.5. The van der Waals surface area contributed by atoms with E-state index in [1.54, 1.807) is 11.3 Å². The van der Waals surface area contributed by atoms with E-state index in [1.807, 2.05) is 50.5 Å². The van der Waals surface area contributed by atoms with Crippen LogP contribution in [0.5, 0.6) is 0 Å². The number of thiazole rings is 1. The summed E-state index contributed by atoms with van der Waals surface area (Å²) in [5.41, 5.74) is 4.85. The van der Waals surface area contributed by atoms with E-state index in [4.69, 9.17) is 4.98 Å². The van der Waals surface area contributed by atoms with Gasteiger partial charge in [-0.25, -0.2) is 4.98 Å². The summed E-state index contributed by atoms with van der Waals surface area (Å²) in [4.78, 5) is 22.5. The predicted molar refractivity (Wildman–Crippen MR) is 121 cm³/mol. The van der Waals surface area contributed by atoms with Gasteiger partial charge in [-0.3, -0.25) is 14.4 Å². The molecule has 0 aliphatic rings. The van der Waals surface area contributed by atoms with Crippen LogP contribution in [-0.2, 0) is 0 Å². The SMILES string of the molecule is Cc1cc(C(=O)N(CCCN(C)C)c2nc3c(C)c(C)ccc3s2)n(C(C)C)n1. The average Bonchev–Trinajstić information content (AvgIpc) is 3.25. The van der Waals surface area contributed by atoms with Gasteiger partial charge in [0.25, 0.3) is 5.91 Å². The topological polar surface area (TPSA) is 54.3 Å². The molecule has 29 heavy (non-hydrogen) atoms. The molecule has 156 valence electrons. The first kappa shape index (κ1) is 21.5. The average molecular weight is 414 g/mol. The van der Waals surface area contributed by atoms with E-state index in [-0.39, 0.29) is 11.9 Å². The smallest absolute Gasteiger partial charge is 0.278 e. The fourth-order valence-electron chi connectivity index (χ4n) is 3.37. The summed E-state index contributed by atoms with van der Waals surface area (Å²) in [5.74, 6) is -0.0357. The Hall–Kier alpha value is -2.25. The minimum Gasteiger partial charge on any atom is -0.309 e. The molecule has 3 aromatic rings. The van der Waals surface area contributed by atoms with Crippen LogP contribution in [0.3, 0.4) is 0 Å². The summed E-state index contributed by atoms with van der Waals surface area (Å²) >= 11 is 1.58. The molecule has 0 atom stereocenters. The van der Waals surface area contributed by atoms with Crippen molar-refractivity contribution in [2.75, 3.05) is 32.1 Å². The maximum atomic E-state index is 13.6. The van der Waals surface area contributed by atoms with Crippen LogP contribution in [0, 0.1) is 20.8 Å². The molecule has 6 nitrogen and oxygen atoms in total. The number of rotatable bonds is 7. The molecule has 0 radical (unpaired) electrons. The molecule has 0 saturated heterocycles. The Morgan fingerprint density at radius 1 is 1.17 bits per heavy atom. The third kappa shape index (κ3) is 4.51. The summed E-state index contributed by atoms with van der Waals surface area (Å²) in [5, 5.41) is 5.28. The van der Waals surface area contributed by atoms with E-state index in [2.05, 4.69) is 36.0 Å². The molecule has 0 spiro atoms. The maximum absolute atomic E-state index is 13.6. The van der Waals surface area contributed by atoms with Gasteiger partial charge in [-0.05, 0) is 84.9 Å². The standard InChI is InChI=1S/C22H31N5OS/c1-14(2)27-18(13-16(4)24-27)21(28)26(12-8-11-25(6)7)22-23-20-17(5)15(3)9-10-19(20)29-22/h9-10,13-14H,8,11-12H2,1-7H3. The van der Waals surface area contributed by atoms with Gasteiger partial charge in [0.1, 0.15) is 5.69 Å². The molecule has 0 aliphatic heterocycles. The van der Waals surface area contributed by atoms with Crippen molar-refractivity contribution >= 4 is 32.6 Å². The molecule has 3 rings (SSSR count). The van der Waals surface area contributed by atoms with Crippen LogP contribution in [0.2, 0.25) is 0 Å². The van der Waals surface area contributed by atoms with Crippen LogP contribution in [0.15, 0.2) is 18.2 Å². The maximum Gasteiger partial charge on any atom is 0.278 e. The second kappa shape index (κ2) is 8.63. The van der Waals surface area contributed by atoms with Crippen molar-refractivity contribution < 1.29 is 4.79 Å². The summed E-state index contributed by atoms with van der Waals surface area (Å²) < 4.78 is 2.93. The number of hydrogen-bond donors (Lipinski definition) is 0. The highest BCUT2D eigenvalue weighted by atomic mass is 32.1. The van der Waals surface area contributed by atoms with Gasteiger partial charge >= 0.3 is 0 Å². The van der Waals surface area contributed by atoms with Gasteiger partial charge in [0.2, 0.25) is 0 Å². The fraction of sp³-hybridized carbons (Fsp3) is 0.500. The Morgan fingerprint density at radius 2 is 1.90 bits per heavy atom. The van der Waals surface area contributed by atoms with E-state index in [1.165, 1.54) is 11.1 Å². The number of carbonyl (C=O) groups excluding carboxylic acids is 1. The number of aromatic nitrogens is 3. The van der Waals surface area contributed by atoms with Gasteiger partial charge in [-0.15, -0.1) is 0 Å². The van der Waals surface area contributed by atoms with Crippen LogP contribution in [0.4, 0.5) is 5.13 Å². The van der Waals surface area contributed by atoms with Gasteiger partial charge in [-0.2, -0.15) is 5.10 Å². The third-order valence-corrected chi connectivity index (χ3v) is 6.15. The molecule has 0 unspecified atom stereocenters. The number of amides is 1. The summed E-state index contributed by atoms with van der Waals surface area (Å²) in [6.07, 6.45) is 0.876.